The summed E-state index contributed by atoms with van der Waals surface area (Å²) in [5.74, 6) is -0.418. The van der Waals surface area contributed by atoms with E-state index in [-0.39, 0.29) is 6.54 Å². The van der Waals surface area contributed by atoms with E-state index in [1.54, 1.807) is 0 Å². The first-order chi connectivity index (χ1) is 7.68. The molecule has 96 valence electrons. The highest BCUT2D eigenvalue weighted by Crippen LogP contribution is 2.54. The summed E-state index contributed by atoms with van der Waals surface area (Å²) < 4.78 is 5.42. The number of halogens is 1. The smallest absolute Gasteiger partial charge is 0.408 e. The first-order valence-corrected chi connectivity index (χ1v) is 6.61. The SMILES string of the molecule is CC(C)(C)[C@]12C[C@@](CBr)(CN1C(=O)O)OC2=O. The predicted octanol–water partition coefficient (Wildman–Crippen LogP) is 1.85. The van der Waals surface area contributed by atoms with Crippen molar-refractivity contribution in [2.75, 3.05) is 11.9 Å². The van der Waals surface area contributed by atoms with E-state index in [1.807, 2.05) is 20.8 Å². The maximum absolute atomic E-state index is 12.1. The molecule has 2 aliphatic heterocycles. The van der Waals surface area contributed by atoms with Gasteiger partial charge >= 0.3 is 12.1 Å². The number of hydrogen-bond donors (Lipinski definition) is 1. The Morgan fingerprint density at radius 1 is 1.59 bits per heavy atom. The molecule has 6 heteroatoms. The third-order valence-corrected chi connectivity index (χ3v) is 4.87. The van der Waals surface area contributed by atoms with Gasteiger partial charge in [0.05, 0.1) is 6.54 Å². The molecule has 2 saturated heterocycles. The van der Waals surface area contributed by atoms with Crippen molar-refractivity contribution in [2.24, 2.45) is 5.41 Å². The third kappa shape index (κ3) is 1.42. The fraction of sp³-hybridized carbons (Fsp3) is 0.818. The van der Waals surface area contributed by atoms with E-state index in [2.05, 4.69) is 15.9 Å². The number of nitrogens with zero attached hydrogens (tertiary/aromatic N) is 1. The van der Waals surface area contributed by atoms with Gasteiger partial charge in [-0.25, -0.2) is 9.59 Å². The second-order valence-corrected chi connectivity index (χ2v) is 6.42. The fourth-order valence-corrected chi connectivity index (χ4v) is 3.39. The van der Waals surface area contributed by atoms with Crippen LogP contribution in [0.2, 0.25) is 0 Å². The van der Waals surface area contributed by atoms with Crippen LogP contribution in [-0.2, 0) is 9.53 Å². The van der Waals surface area contributed by atoms with Crippen LogP contribution in [0.1, 0.15) is 27.2 Å². The lowest BCUT2D eigenvalue weighted by Crippen LogP contribution is -2.61. The van der Waals surface area contributed by atoms with Gasteiger partial charge in [-0.05, 0) is 5.41 Å². The minimum Gasteiger partial charge on any atom is -0.465 e. The fourth-order valence-electron chi connectivity index (χ4n) is 2.90. The molecule has 2 bridgehead atoms. The average Bonchev–Trinajstić information content (AvgIpc) is 2.68. The summed E-state index contributed by atoms with van der Waals surface area (Å²) >= 11 is 3.32. The number of ether oxygens (including phenoxy) is 1. The van der Waals surface area contributed by atoms with E-state index in [1.165, 1.54) is 4.90 Å². The Morgan fingerprint density at radius 2 is 2.18 bits per heavy atom. The molecule has 0 saturated carbocycles. The molecule has 2 rings (SSSR count). The van der Waals surface area contributed by atoms with Crippen molar-refractivity contribution < 1.29 is 19.4 Å². The number of fused-ring (bicyclic) bond motifs is 2. The summed E-state index contributed by atoms with van der Waals surface area (Å²) in [6, 6.07) is 0. The molecule has 0 aromatic carbocycles. The number of amides is 1. The molecule has 0 aromatic rings. The maximum atomic E-state index is 12.1. The number of hydrogen-bond acceptors (Lipinski definition) is 3. The van der Waals surface area contributed by atoms with Gasteiger partial charge in [-0.15, -0.1) is 0 Å². The second kappa shape index (κ2) is 3.37. The number of rotatable bonds is 1. The molecule has 2 fully saturated rings. The Balaban J connectivity index is 2.53. The molecule has 0 unspecified atom stereocenters. The van der Waals surface area contributed by atoms with Crippen molar-refractivity contribution >= 4 is 28.0 Å². The average molecular weight is 306 g/mol. The van der Waals surface area contributed by atoms with Crippen LogP contribution in [0.4, 0.5) is 4.79 Å². The van der Waals surface area contributed by atoms with Gasteiger partial charge in [0.15, 0.2) is 5.54 Å². The van der Waals surface area contributed by atoms with Crippen molar-refractivity contribution in [3.05, 3.63) is 0 Å². The quantitative estimate of drug-likeness (QED) is 0.593. The van der Waals surface area contributed by atoms with E-state index in [9.17, 15) is 14.7 Å². The zero-order valence-electron chi connectivity index (χ0n) is 10.1. The summed E-state index contributed by atoms with van der Waals surface area (Å²) in [6.07, 6.45) is -0.626. The van der Waals surface area contributed by atoms with E-state index in [0.29, 0.717) is 11.8 Å². The Morgan fingerprint density at radius 3 is 2.53 bits per heavy atom. The van der Waals surface area contributed by atoms with Gasteiger partial charge in [-0.2, -0.15) is 0 Å². The first kappa shape index (κ1) is 12.7. The van der Waals surface area contributed by atoms with Crippen molar-refractivity contribution in [2.45, 2.75) is 38.3 Å². The molecule has 0 aliphatic carbocycles. The van der Waals surface area contributed by atoms with Crippen LogP contribution < -0.4 is 0 Å². The van der Waals surface area contributed by atoms with Crippen LogP contribution >= 0.6 is 15.9 Å². The molecule has 2 atom stereocenters. The number of alkyl halides is 1. The lowest BCUT2D eigenvalue weighted by atomic mass is 9.72. The molecule has 2 heterocycles. The summed E-state index contributed by atoms with van der Waals surface area (Å²) in [6.45, 7) is 5.87. The van der Waals surface area contributed by atoms with Crippen LogP contribution in [0.3, 0.4) is 0 Å². The van der Waals surface area contributed by atoms with Gasteiger partial charge in [0.25, 0.3) is 0 Å². The normalized spacial score (nSPS) is 36.2. The number of carboxylic acid groups (broad SMARTS) is 1. The van der Waals surface area contributed by atoms with Gasteiger partial charge in [0.1, 0.15) is 5.60 Å². The zero-order chi connectivity index (χ0) is 13.1. The maximum Gasteiger partial charge on any atom is 0.408 e. The summed E-state index contributed by atoms with van der Waals surface area (Å²) in [4.78, 5) is 24.7. The van der Waals surface area contributed by atoms with Crippen molar-refractivity contribution in [3.8, 4) is 0 Å². The molecular weight excluding hydrogens is 290 g/mol. The number of likely N-dealkylation sites (tertiary alicyclic amines) is 1. The third-order valence-electron chi connectivity index (χ3n) is 3.85. The molecule has 1 amide bonds. The van der Waals surface area contributed by atoms with E-state index in [4.69, 9.17) is 4.74 Å². The molecule has 2 aliphatic rings. The highest BCUT2D eigenvalue weighted by Gasteiger charge is 2.72. The lowest BCUT2D eigenvalue weighted by molar-refractivity contribution is -0.168. The largest absolute Gasteiger partial charge is 0.465 e. The summed E-state index contributed by atoms with van der Waals surface area (Å²) in [5, 5.41) is 9.76. The van der Waals surface area contributed by atoms with Crippen molar-refractivity contribution in [1.29, 1.82) is 0 Å². The molecule has 17 heavy (non-hydrogen) atoms. The van der Waals surface area contributed by atoms with Gasteiger partial charge in [0.2, 0.25) is 0 Å². The van der Waals surface area contributed by atoms with Crippen LogP contribution in [0.25, 0.3) is 0 Å². The molecule has 0 radical (unpaired) electrons. The lowest BCUT2D eigenvalue weighted by Gasteiger charge is -2.43. The van der Waals surface area contributed by atoms with Crippen LogP contribution in [-0.4, -0.2) is 45.1 Å². The highest BCUT2D eigenvalue weighted by molar-refractivity contribution is 9.09. The minimum absolute atomic E-state index is 0.247. The molecule has 5 nitrogen and oxygen atoms in total. The van der Waals surface area contributed by atoms with E-state index >= 15 is 0 Å². The Bertz CT molecular complexity index is 391. The zero-order valence-corrected chi connectivity index (χ0v) is 11.7. The monoisotopic (exact) mass is 305 g/mol. The van der Waals surface area contributed by atoms with Crippen molar-refractivity contribution in [3.63, 3.8) is 0 Å². The number of esters is 1. The Hall–Kier alpha value is -0.780. The van der Waals surface area contributed by atoms with Gasteiger partial charge in [-0.1, -0.05) is 36.7 Å². The standard InChI is InChI=1S/C11H16BrNO4/c1-9(2,3)11-4-10(5-12,17-7(11)14)6-13(11)8(15)16/h4-6H2,1-3H3,(H,15,16)/t10-,11-/m1/s1. The topological polar surface area (TPSA) is 66.8 Å². The van der Waals surface area contributed by atoms with Gasteiger partial charge in [0, 0.05) is 11.8 Å². The van der Waals surface area contributed by atoms with Crippen molar-refractivity contribution in [1.82, 2.24) is 4.90 Å². The van der Waals surface area contributed by atoms with Crippen LogP contribution in [0, 0.1) is 5.41 Å². The predicted molar refractivity (Wildman–Crippen MR) is 64.2 cm³/mol. The Labute approximate surface area is 108 Å². The van der Waals surface area contributed by atoms with E-state index in [0.717, 1.165) is 0 Å². The number of carbonyl (C=O) groups excluding carboxylic acids is 1. The summed E-state index contributed by atoms with van der Waals surface area (Å²) in [5.41, 5.74) is -2.22. The number of carbonyl (C=O) groups is 2. The second-order valence-electron chi connectivity index (χ2n) is 5.86. The molecule has 0 spiro atoms. The molecule has 0 aromatic heterocycles. The van der Waals surface area contributed by atoms with Gasteiger partial charge < -0.3 is 9.84 Å². The van der Waals surface area contributed by atoms with E-state index < -0.39 is 28.6 Å². The van der Waals surface area contributed by atoms with Crippen LogP contribution in [0.15, 0.2) is 0 Å². The summed E-state index contributed by atoms with van der Waals surface area (Å²) in [7, 11) is 0. The Kier molecular flexibility index (Phi) is 2.51. The molecular formula is C11H16BrNO4. The minimum atomic E-state index is -1.06. The van der Waals surface area contributed by atoms with Crippen LogP contribution in [0.5, 0.6) is 0 Å². The number of morpholine rings is 1. The first-order valence-electron chi connectivity index (χ1n) is 5.49. The highest BCUT2D eigenvalue weighted by atomic mass is 79.9. The van der Waals surface area contributed by atoms with Gasteiger partial charge in [-0.3, -0.25) is 4.90 Å². The molecule has 1 N–H and O–H groups in total.